The molecule has 2 atom stereocenters. The Morgan fingerprint density at radius 2 is 1.73 bits per heavy atom. The summed E-state index contributed by atoms with van der Waals surface area (Å²) in [5.41, 5.74) is 9.66. The third-order valence-electron chi connectivity index (χ3n) is 9.70. The Hall–Kier alpha value is -3.46. The minimum absolute atomic E-state index is 0.0763. The first kappa shape index (κ1) is 29.3. The lowest BCUT2D eigenvalue weighted by Crippen LogP contribution is -2.62. The van der Waals surface area contributed by atoms with Gasteiger partial charge in [-0.3, -0.25) is 10.2 Å². The van der Waals surface area contributed by atoms with Crippen LogP contribution in [-0.4, -0.2) is 33.3 Å². The number of aromatic nitrogens is 1. The van der Waals surface area contributed by atoms with Crippen LogP contribution >= 0.6 is 12.8 Å². The predicted octanol–water partition coefficient (Wildman–Crippen LogP) is 7.87. The van der Waals surface area contributed by atoms with Crippen molar-refractivity contribution in [3.8, 4) is 17.0 Å². The summed E-state index contributed by atoms with van der Waals surface area (Å²) < 4.78 is 10.5. The zero-order valence-corrected chi connectivity index (χ0v) is 26.8. The number of anilines is 1. The fourth-order valence-corrected chi connectivity index (χ4v) is 7.93. The van der Waals surface area contributed by atoms with Crippen molar-refractivity contribution in [3.63, 3.8) is 0 Å². The number of hydrazine groups is 1. The number of rotatable bonds is 3. The molecule has 1 aromatic heterocycles. The fourth-order valence-electron chi connectivity index (χ4n) is 7.57. The fraction of sp³-hybridized carbons (Fsp3) is 0.417. The topological polar surface area (TPSA) is 61.8 Å². The molecule has 2 aliphatic heterocycles. The Kier molecular flexibility index (Phi) is 7.85. The molecule has 3 heterocycles. The highest BCUT2D eigenvalue weighted by atomic mass is 32.1. The SMILES string of the molecule is CC1NC(C)(C)NN(S)C(=O)N(Cc2ccccc2)c2ccc3c(C4CCCCC4)c4n(c3c2)C[C@H]1COc1ccccc1-4. The molecule has 4 aromatic rings. The van der Waals surface area contributed by atoms with Crippen LogP contribution in [0.2, 0.25) is 0 Å². The van der Waals surface area contributed by atoms with Crippen LogP contribution in [-0.2, 0) is 13.1 Å². The number of carbonyl (C=O) groups excluding carboxylic acids is 1. The molecule has 2 N–H and O–H groups in total. The average Bonchev–Trinajstić information content (AvgIpc) is 3.33. The first-order chi connectivity index (χ1) is 21.3. The van der Waals surface area contributed by atoms with Crippen LogP contribution < -0.4 is 20.4 Å². The molecule has 230 valence electrons. The van der Waals surface area contributed by atoms with Crippen LogP contribution in [0.4, 0.5) is 10.5 Å². The van der Waals surface area contributed by atoms with Gasteiger partial charge in [0.05, 0.1) is 30.0 Å². The van der Waals surface area contributed by atoms with Gasteiger partial charge >= 0.3 is 6.03 Å². The Labute approximate surface area is 266 Å². The van der Waals surface area contributed by atoms with Gasteiger partial charge in [-0.2, -0.15) is 0 Å². The Bertz CT molecular complexity index is 1660. The van der Waals surface area contributed by atoms with Gasteiger partial charge in [-0.25, -0.2) is 14.6 Å². The summed E-state index contributed by atoms with van der Waals surface area (Å²) in [6, 6.07) is 25.2. The average molecular weight is 610 g/mol. The summed E-state index contributed by atoms with van der Waals surface area (Å²) in [4.78, 5) is 16.0. The van der Waals surface area contributed by atoms with Crippen LogP contribution in [0.25, 0.3) is 22.2 Å². The van der Waals surface area contributed by atoms with E-state index in [1.165, 1.54) is 58.7 Å². The van der Waals surface area contributed by atoms with Crippen LogP contribution in [0.15, 0.2) is 72.8 Å². The van der Waals surface area contributed by atoms with E-state index in [1.807, 2.05) is 36.9 Å². The van der Waals surface area contributed by atoms with Gasteiger partial charge < -0.3 is 9.30 Å². The molecule has 1 aliphatic carbocycles. The largest absolute Gasteiger partial charge is 0.492 e. The van der Waals surface area contributed by atoms with Crippen molar-refractivity contribution in [2.45, 2.75) is 83.6 Å². The maximum Gasteiger partial charge on any atom is 0.349 e. The number of para-hydroxylation sites is 1. The van der Waals surface area contributed by atoms with Gasteiger partial charge in [0.2, 0.25) is 0 Å². The zero-order chi connectivity index (χ0) is 30.4. The van der Waals surface area contributed by atoms with E-state index in [0.717, 1.165) is 29.1 Å². The number of urea groups is 1. The predicted molar refractivity (Wildman–Crippen MR) is 181 cm³/mol. The Morgan fingerprint density at radius 1 is 0.977 bits per heavy atom. The van der Waals surface area contributed by atoms with Crippen molar-refractivity contribution in [1.82, 2.24) is 19.7 Å². The molecule has 4 bridgehead atoms. The highest BCUT2D eigenvalue weighted by Crippen LogP contribution is 2.48. The van der Waals surface area contributed by atoms with Crippen molar-refractivity contribution < 1.29 is 9.53 Å². The molecule has 3 aliphatic rings. The van der Waals surface area contributed by atoms with Gasteiger partial charge in [-0.15, -0.1) is 0 Å². The molecule has 1 saturated carbocycles. The molecular weight excluding hydrogens is 566 g/mol. The normalized spacial score (nSPS) is 22.5. The number of ether oxygens (including phenoxy) is 1. The van der Waals surface area contributed by atoms with Crippen molar-refractivity contribution in [2.24, 2.45) is 5.92 Å². The monoisotopic (exact) mass is 609 g/mol. The van der Waals surface area contributed by atoms with Crippen LogP contribution in [0.1, 0.15) is 69.9 Å². The number of nitrogens with zero attached hydrogens (tertiary/aromatic N) is 3. The van der Waals surface area contributed by atoms with Gasteiger partial charge in [0.1, 0.15) is 5.75 Å². The summed E-state index contributed by atoms with van der Waals surface area (Å²) in [5, 5.41) is 5.04. The molecule has 0 radical (unpaired) electrons. The number of hydrogen-bond acceptors (Lipinski definition) is 5. The van der Waals surface area contributed by atoms with Crippen LogP contribution in [0, 0.1) is 5.92 Å². The Balaban J connectivity index is 1.49. The van der Waals surface area contributed by atoms with Gasteiger partial charge in [-0.1, -0.05) is 67.8 Å². The molecule has 1 fully saturated rings. The van der Waals surface area contributed by atoms with E-state index in [4.69, 9.17) is 4.74 Å². The molecule has 8 heteroatoms. The summed E-state index contributed by atoms with van der Waals surface area (Å²) in [6.45, 7) is 8.12. The maximum absolute atomic E-state index is 14.2. The van der Waals surface area contributed by atoms with Crippen molar-refractivity contribution in [2.75, 3.05) is 11.5 Å². The Morgan fingerprint density at radius 3 is 2.52 bits per heavy atom. The first-order valence-corrected chi connectivity index (χ1v) is 16.5. The minimum Gasteiger partial charge on any atom is -0.492 e. The molecule has 7 rings (SSSR count). The zero-order valence-electron chi connectivity index (χ0n) is 25.9. The lowest BCUT2D eigenvalue weighted by Gasteiger charge is -2.38. The van der Waals surface area contributed by atoms with Gasteiger partial charge in [0, 0.05) is 35.1 Å². The van der Waals surface area contributed by atoms with E-state index in [9.17, 15) is 4.79 Å². The quantitative estimate of drug-likeness (QED) is 0.207. The summed E-state index contributed by atoms with van der Waals surface area (Å²) in [7, 11) is 0. The number of carbonyl (C=O) groups is 1. The summed E-state index contributed by atoms with van der Waals surface area (Å²) in [6.07, 6.45) is 6.22. The molecule has 0 spiro atoms. The van der Waals surface area contributed by atoms with Crippen molar-refractivity contribution in [1.29, 1.82) is 0 Å². The number of hydrogen-bond donors (Lipinski definition) is 3. The third-order valence-corrected chi connectivity index (χ3v) is 9.97. The van der Waals surface area contributed by atoms with E-state index in [0.29, 0.717) is 19.1 Å². The number of fused-ring (bicyclic) bond motifs is 4. The number of thiol groups is 1. The second-order valence-corrected chi connectivity index (χ2v) is 13.7. The molecule has 0 saturated heterocycles. The van der Waals surface area contributed by atoms with E-state index in [-0.39, 0.29) is 18.0 Å². The van der Waals surface area contributed by atoms with Crippen LogP contribution in [0.3, 0.4) is 0 Å². The maximum atomic E-state index is 14.2. The van der Waals surface area contributed by atoms with Gasteiger partial charge in [0.15, 0.2) is 0 Å². The second-order valence-electron chi connectivity index (χ2n) is 13.3. The molecule has 3 aromatic carbocycles. The summed E-state index contributed by atoms with van der Waals surface area (Å²) in [5.74, 6) is 1.61. The first-order valence-electron chi connectivity index (χ1n) is 16.1. The molecular formula is C36H43N5O2S. The van der Waals surface area contributed by atoms with E-state index >= 15 is 0 Å². The lowest BCUT2D eigenvalue weighted by molar-refractivity contribution is 0.137. The highest BCUT2D eigenvalue weighted by molar-refractivity contribution is 7.78. The molecule has 7 nitrogen and oxygen atoms in total. The van der Waals surface area contributed by atoms with E-state index in [2.05, 4.69) is 89.6 Å². The second kappa shape index (κ2) is 11.8. The van der Waals surface area contributed by atoms with E-state index < -0.39 is 5.66 Å². The van der Waals surface area contributed by atoms with Gasteiger partial charge in [0.25, 0.3) is 0 Å². The standard InChI is InChI=1S/C36H43N5O2S/c1-24-27-22-40-31-20-28(39(21-25-12-6-4-7-13-25)35(42)41(44)38-36(2,3)37-24)18-19-29(31)33(26-14-8-5-9-15-26)34(40)30-16-10-11-17-32(30)43-23-27/h4,6-7,10-13,16-20,24,26-27,37-38,44H,5,8-9,14-15,21-23H2,1-3H3/t24?,27-/m0/s1. The van der Waals surface area contributed by atoms with Crippen molar-refractivity contribution in [3.05, 3.63) is 83.9 Å². The third kappa shape index (κ3) is 5.48. The number of nitrogens with one attached hydrogen (secondary N) is 2. The molecule has 44 heavy (non-hydrogen) atoms. The highest BCUT2D eigenvalue weighted by Gasteiger charge is 2.35. The lowest BCUT2D eigenvalue weighted by atomic mass is 9.81. The van der Waals surface area contributed by atoms with Crippen molar-refractivity contribution >= 4 is 35.4 Å². The van der Waals surface area contributed by atoms with E-state index in [1.54, 1.807) is 0 Å². The summed E-state index contributed by atoms with van der Waals surface area (Å²) >= 11 is 4.67. The van der Waals surface area contributed by atoms with Gasteiger partial charge in [-0.05, 0) is 87.7 Å². The smallest absolute Gasteiger partial charge is 0.349 e. The molecule has 1 unspecified atom stereocenters. The minimum atomic E-state index is -0.621. The number of amides is 2. The molecule has 2 amide bonds. The number of benzene rings is 3. The van der Waals surface area contributed by atoms with Crippen LogP contribution in [0.5, 0.6) is 5.75 Å².